The molecule has 1 aromatic rings. The van der Waals surface area contributed by atoms with E-state index in [-0.39, 0.29) is 11.7 Å². The van der Waals surface area contributed by atoms with Crippen LogP contribution in [0, 0.1) is 0 Å². The van der Waals surface area contributed by atoms with Gasteiger partial charge >= 0.3 is 5.69 Å². The quantitative estimate of drug-likeness (QED) is 0.761. The second-order valence-electron chi connectivity index (χ2n) is 4.40. The van der Waals surface area contributed by atoms with E-state index < -0.39 is 0 Å². The van der Waals surface area contributed by atoms with E-state index in [1.807, 2.05) is 20.9 Å². The SMILES string of the molecule is CCC(NC)C(C)Sc1n[nH]c(=O)n1C(C)C. The number of nitrogens with zero attached hydrogens (tertiary/aromatic N) is 2. The molecule has 0 bridgehead atoms. The van der Waals surface area contributed by atoms with Crippen molar-refractivity contribution >= 4 is 11.8 Å². The zero-order valence-corrected chi connectivity index (χ0v) is 12.0. The Hall–Kier alpha value is -0.750. The molecule has 5 nitrogen and oxygen atoms in total. The van der Waals surface area contributed by atoms with Crippen LogP contribution in [0.3, 0.4) is 0 Å². The minimum atomic E-state index is -0.132. The first-order valence-corrected chi connectivity index (χ1v) is 6.90. The van der Waals surface area contributed by atoms with Crippen molar-refractivity contribution in [1.82, 2.24) is 20.1 Å². The lowest BCUT2D eigenvalue weighted by atomic mass is 10.2. The maximum absolute atomic E-state index is 11.6. The van der Waals surface area contributed by atoms with Crippen LogP contribution in [-0.4, -0.2) is 33.1 Å². The Morgan fingerprint density at radius 3 is 2.59 bits per heavy atom. The van der Waals surface area contributed by atoms with Crippen molar-refractivity contribution in [2.75, 3.05) is 7.05 Å². The molecule has 98 valence electrons. The predicted molar refractivity (Wildman–Crippen MR) is 71.7 cm³/mol. The Morgan fingerprint density at radius 2 is 2.12 bits per heavy atom. The van der Waals surface area contributed by atoms with Gasteiger partial charge < -0.3 is 5.32 Å². The number of hydrogen-bond acceptors (Lipinski definition) is 4. The van der Waals surface area contributed by atoms with Crippen molar-refractivity contribution in [2.24, 2.45) is 0 Å². The average molecular weight is 258 g/mol. The molecular weight excluding hydrogens is 236 g/mol. The molecule has 0 aliphatic rings. The molecule has 0 spiro atoms. The largest absolute Gasteiger partial charge is 0.344 e. The molecule has 0 aliphatic heterocycles. The maximum atomic E-state index is 11.6. The van der Waals surface area contributed by atoms with E-state index in [0.29, 0.717) is 11.3 Å². The lowest BCUT2D eigenvalue weighted by molar-refractivity contribution is 0.522. The summed E-state index contributed by atoms with van der Waals surface area (Å²) >= 11 is 1.63. The lowest BCUT2D eigenvalue weighted by Crippen LogP contribution is -2.33. The highest BCUT2D eigenvalue weighted by molar-refractivity contribution is 7.99. The highest BCUT2D eigenvalue weighted by atomic mass is 32.2. The van der Waals surface area contributed by atoms with Crippen molar-refractivity contribution in [2.45, 2.75) is 56.6 Å². The summed E-state index contributed by atoms with van der Waals surface area (Å²) < 4.78 is 1.70. The van der Waals surface area contributed by atoms with Crippen LogP contribution in [0.25, 0.3) is 0 Å². The molecule has 2 N–H and O–H groups in total. The molecule has 0 radical (unpaired) electrons. The Balaban J connectivity index is 2.85. The minimum Gasteiger partial charge on any atom is -0.316 e. The van der Waals surface area contributed by atoms with Gasteiger partial charge in [-0.2, -0.15) is 0 Å². The van der Waals surface area contributed by atoms with E-state index in [0.717, 1.165) is 11.6 Å². The first kappa shape index (κ1) is 14.3. The van der Waals surface area contributed by atoms with Crippen molar-refractivity contribution < 1.29 is 0 Å². The summed E-state index contributed by atoms with van der Waals surface area (Å²) in [5, 5.41) is 11.0. The van der Waals surface area contributed by atoms with Gasteiger partial charge in [-0.25, -0.2) is 9.89 Å². The normalized spacial score (nSPS) is 15.2. The molecule has 0 aliphatic carbocycles. The van der Waals surface area contributed by atoms with Crippen LogP contribution < -0.4 is 11.0 Å². The van der Waals surface area contributed by atoms with Crippen molar-refractivity contribution in [3.63, 3.8) is 0 Å². The number of aromatic amines is 1. The minimum absolute atomic E-state index is 0.130. The predicted octanol–water partition coefficient (Wildman–Crippen LogP) is 1.63. The fourth-order valence-electron chi connectivity index (χ4n) is 1.85. The molecule has 0 amide bonds. The molecule has 17 heavy (non-hydrogen) atoms. The smallest absolute Gasteiger partial charge is 0.316 e. The summed E-state index contributed by atoms with van der Waals surface area (Å²) in [7, 11) is 1.96. The first-order valence-electron chi connectivity index (χ1n) is 6.02. The third kappa shape index (κ3) is 3.35. The molecule has 1 aromatic heterocycles. The molecule has 1 rings (SSSR count). The Labute approximate surface area is 106 Å². The number of nitrogens with one attached hydrogen (secondary N) is 2. The number of thioether (sulfide) groups is 1. The van der Waals surface area contributed by atoms with Gasteiger partial charge in [0, 0.05) is 17.3 Å². The van der Waals surface area contributed by atoms with Crippen LogP contribution in [0.2, 0.25) is 0 Å². The summed E-state index contributed by atoms with van der Waals surface area (Å²) in [6.07, 6.45) is 1.06. The third-order valence-corrected chi connectivity index (χ3v) is 4.06. The molecule has 2 unspecified atom stereocenters. The monoisotopic (exact) mass is 258 g/mol. The van der Waals surface area contributed by atoms with Crippen LogP contribution in [0.1, 0.15) is 40.2 Å². The second-order valence-corrected chi connectivity index (χ2v) is 5.75. The van der Waals surface area contributed by atoms with Crippen LogP contribution in [0.15, 0.2) is 9.95 Å². The lowest BCUT2D eigenvalue weighted by Gasteiger charge is -2.21. The maximum Gasteiger partial charge on any atom is 0.344 e. The molecular formula is C11H22N4OS. The molecule has 0 saturated heterocycles. The second kappa shape index (κ2) is 6.26. The highest BCUT2D eigenvalue weighted by Gasteiger charge is 2.19. The average Bonchev–Trinajstić information content (AvgIpc) is 2.61. The number of H-pyrrole nitrogens is 1. The van der Waals surface area contributed by atoms with E-state index >= 15 is 0 Å². The van der Waals surface area contributed by atoms with Gasteiger partial charge in [0.1, 0.15) is 0 Å². The fourth-order valence-corrected chi connectivity index (χ4v) is 3.18. The van der Waals surface area contributed by atoms with Crippen LogP contribution in [-0.2, 0) is 0 Å². The van der Waals surface area contributed by atoms with Crippen LogP contribution >= 0.6 is 11.8 Å². The molecule has 1 heterocycles. The van der Waals surface area contributed by atoms with Crippen molar-refractivity contribution in [3.05, 3.63) is 10.5 Å². The summed E-state index contributed by atoms with van der Waals surface area (Å²) in [6, 6.07) is 0.554. The summed E-state index contributed by atoms with van der Waals surface area (Å²) in [5.41, 5.74) is -0.132. The van der Waals surface area contributed by atoms with Crippen LogP contribution in [0.4, 0.5) is 0 Å². The molecule has 6 heteroatoms. The van der Waals surface area contributed by atoms with E-state index in [2.05, 4.69) is 29.4 Å². The molecule has 2 atom stereocenters. The summed E-state index contributed by atoms with van der Waals surface area (Å²) in [6.45, 7) is 8.28. The summed E-state index contributed by atoms with van der Waals surface area (Å²) in [4.78, 5) is 11.6. The molecule has 0 fully saturated rings. The van der Waals surface area contributed by atoms with Gasteiger partial charge in [0.05, 0.1) is 0 Å². The van der Waals surface area contributed by atoms with Gasteiger partial charge in [0.2, 0.25) is 0 Å². The van der Waals surface area contributed by atoms with Crippen molar-refractivity contribution in [3.8, 4) is 0 Å². The standard InChI is InChI=1S/C11H22N4OS/c1-6-9(12-5)8(4)17-11-14-13-10(16)15(11)7(2)3/h7-9,12H,6H2,1-5H3,(H,13,16). The number of rotatable bonds is 6. The van der Waals surface area contributed by atoms with Gasteiger partial charge in [0.25, 0.3) is 0 Å². The van der Waals surface area contributed by atoms with Gasteiger partial charge in [-0.3, -0.25) is 4.57 Å². The highest BCUT2D eigenvalue weighted by Crippen LogP contribution is 2.24. The fraction of sp³-hybridized carbons (Fsp3) is 0.818. The summed E-state index contributed by atoms with van der Waals surface area (Å²) in [5.74, 6) is 0. The number of hydrogen-bond donors (Lipinski definition) is 2. The number of aromatic nitrogens is 3. The van der Waals surface area contributed by atoms with Gasteiger partial charge in [0.15, 0.2) is 5.16 Å². The van der Waals surface area contributed by atoms with E-state index in [1.165, 1.54) is 0 Å². The Morgan fingerprint density at radius 1 is 1.47 bits per heavy atom. The third-order valence-electron chi connectivity index (χ3n) is 2.86. The Kier molecular flexibility index (Phi) is 5.27. The Bertz CT molecular complexity index is 394. The van der Waals surface area contributed by atoms with Crippen molar-refractivity contribution in [1.29, 1.82) is 0 Å². The molecule has 0 saturated carbocycles. The van der Waals surface area contributed by atoms with E-state index in [1.54, 1.807) is 16.3 Å². The first-order chi connectivity index (χ1) is 8.01. The van der Waals surface area contributed by atoms with Gasteiger partial charge in [-0.05, 0) is 27.3 Å². The topological polar surface area (TPSA) is 62.7 Å². The molecule has 0 aromatic carbocycles. The van der Waals surface area contributed by atoms with Gasteiger partial charge in [-0.1, -0.05) is 25.6 Å². The van der Waals surface area contributed by atoms with Gasteiger partial charge in [-0.15, -0.1) is 5.10 Å². The zero-order valence-electron chi connectivity index (χ0n) is 11.2. The van der Waals surface area contributed by atoms with E-state index in [9.17, 15) is 4.79 Å². The zero-order chi connectivity index (χ0) is 13.0. The van der Waals surface area contributed by atoms with Crippen LogP contribution in [0.5, 0.6) is 0 Å². The van der Waals surface area contributed by atoms with E-state index in [4.69, 9.17) is 0 Å².